The Morgan fingerprint density at radius 1 is 1.75 bits per heavy atom. The lowest BCUT2D eigenvalue weighted by molar-refractivity contribution is -0.0292. The zero-order valence-electron chi connectivity index (χ0n) is 10.3. The van der Waals surface area contributed by atoms with Gasteiger partial charge in [-0.05, 0) is 6.92 Å². The highest BCUT2D eigenvalue weighted by Gasteiger charge is 2.54. The number of alkyl halides is 1. The van der Waals surface area contributed by atoms with Crippen molar-refractivity contribution >= 4 is 5.82 Å². The van der Waals surface area contributed by atoms with Gasteiger partial charge >= 0.3 is 5.69 Å². The van der Waals surface area contributed by atoms with Crippen LogP contribution in [0, 0.1) is 12.3 Å². The minimum atomic E-state index is -2.85. The summed E-state index contributed by atoms with van der Waals surface area (Å²) in [6.07, 6.45) is 2.96. The summed E-state index contributed by atoms with van der Waals surface area (Å²) in [6, 6.07) is 0. The third-order valence-corrected chi connectivity index (χ3v) is 2.70. The van der Waals surface area contributed by atoms with Crippen LogP contribution in [0.4, 0.5) is 10.2 Å². The van der Waals surface area contributed by atoms with Crippen LogP contribution in [0.1, 0.15) is 13.2 Å². The van der Waals surface area contributed by atoms with E-state index in [2.05, 4.69) is 10.1 Å². The first kappa shape index (κ1) is 13.8. The van der Waals surface area contributed by atoms with Crippen LogP contribution >= 0.6 is 0 Å². The van der Waals surface area contributed by atoms with Crippen LogP contribution in [-0.2, 0) is 4.74 Å². The van der Waals surface area contributed by atoms with Crippen LogP contribution in [-0.4, -0.2) is 36.8 Å². The fraction of sp³-hybridized carbons (Fsp3) is 0.364. The van der Waals surface area contributed by atoms with E-state index in [-0.39, 0.29) is 5.82 Å². The molecule has 1 aliphatic rings. The van der Waals surface area contributed by atoms with Crippen LogP contribution in [0.25, 0.3) is 0 Å². The molecule has 0 bridgehead atoms. The Morgan fingerprint density at radius 3 is 2.90 bits per heavy atom. The highest BCUT2D eigenvalue weighted by molar-refractivity contribution is 5.33. The number of nitrogens with two attached hydrogens (primary N) is 1. The number of terminal acetylenes is 1. The number of hydrogen-bond acceptors (Lipinski definition) is 7. The van der Waals surface area contributed by atoms with E-state index in [1.54, 1.807) is 5.92 Å². The summed E-state index contributed by atoms with van der Waals surface area (Å²) >= 11 is 0. The SMILES string of the molecule is C#CC1(F)C(O)=C([C@H](C)O)O[C@H]1n1ncc(N)nc1=O. The van der Waals surface area contributed by atoms with Gasteiger partial charge in [0, 0.05) is 0 Å². The normalized spacial score (nSPS) is 27.0. The third kappa shape index (κ3) is 1.86. The van der Waals surface area contributed by atoms with Crippen molar-refractivity contribution in [3.63, 3.8) is 0 Å². The van der Waals surface area contributed by atoms with E-state index < -0.39 is 35.2 Å². The maximum Gasteiger partial charge on any atom is 0.369 e. The summed E-state index contributed by atoms with van der Waals surface area (Å²) in [4.78, 5) is 15.0. The van der Waals surface area contributed by atoms with Crippen LogP contribution < -0.4 is 11.4 Å². The molecule has 0 aliphatic carbocycles. The lowest BCUT2D eigenvalue weighted by Crippen LogP contribution is -2.40. The molecule has 1 unspecified atom stereocenters. The first-order chi connectivity index (χ1) is 9.31. The average molecular weight is 282 g/mol. The summed E-state index contributed by atoms with van der Waals surface area (Å²) in [5, 5.41) is 22.7. The van der Waals surface area contributed by atoms with Gasteiger partial charge in [0.05, 0.1) is 6.20 Å². The first-order valence-electron chi connectivity index (χ1n) is 5.47. The van der Waals surface area contributed by atoms with Gasteiger partial charge in [-0.3, -0.25) is 0 Å². The molecule has 9 heteroatoms. The summed E-state index contributed by atoms with van der Waals surface area (Å²) in [5.74, 6) is 0.0791. The summed E-state index contributed by atoms with van der Waals surface area (Å²) in [6.45, 7) is 1.24. The van der Waals surface area contributed by atoms with Gasteiger partial charge in [-0.2, -0.15) is 14.8 Å². The van der Waals surface area contributed by atoms with Crippen LogP contribution in [0.2, 0.25) is 0 Å². The number of aliphatic hydroxyl groups is 2. The first-order valence-corrected chi connectivity index (χ1v) is 5.47. The van der Waals surface area contributed by atoms with Crippen molar-refractivity contribution in [1.29, 1.82) is 0 Å². The number of ether oxygens (including phenoxy) is 1. The Labute approximate surface area is 112 Å². The zero-order valence-corrected chi connectivity index (χ0v) is 10.3. The number of rotatable bonds is 2. The highest BCUT2D eigenvalue weighted by atomic mass is 19.1. The predicted molar refractivity (Wildman–Crippen MR) is 64.8 cm³/mol. The zero-order chi connectivity index (χ0) is 15.1. The molecule has 3 atom stereocenters. The molecule has 4 N–H and O–H groups in total. The van der Waals surface area contributed by atoms with Crippen molar-refractivity contribution in [3.8, 4) is 12.3 Å². The standard InChI is InChI=1S/C11H11FN4O4/c1-3-11(12)8(18)7(5(2)17)20-9(11)16-10(19)15-6(13)4-14-16/h1,4-5,9,17-18H,2H3,(H2,13,15,19)/t5-,9+,11?/m0/s1. The molecule has 2 rings (SSSR count). The highest BCUT2D eigenvalue weighted by Crippen LogP contribution is 2.42. The van der Waals surface area contributed by atoms with Crippen LogP contribution in [0.5, 0.6) is 0 Å². The molecule has 0 saturated carbocycles. The molecule has 0 radical (unpaired) electrons. The molecule has 20 heavy (non-hydrogen) atoms. The third-order valence-electron chi connectivity index (χ3n) is 2.70. The van der Waals surface area contributed by atoms with E-state index in [4.69, 9.17) is 16.9 Å². The Morgan fingerprint density at radius 2 is 2.40 bits per heavy atom. The molecule has 2 heterocycles. The van der Waals surface area contributed by atoms with E-state index in [9.17, 15) is 19.4 Å². The van der Waals surface area contributed by atoms with Crippen molar-refractivity contribution in [3.05, 3.63) is 28.2 Å². The molecule has 106 valence electrons. The molecule has 1 aromatic heterocycles. The Balaban J connectivity index is 2.55. The summed E-state index contributed by atoms with van der Waals surface area (Å²) in [5.41, 5.74) is 1.41. The largest absolute Gasteiger partial charge is 0.505 e. The second-order valence-electron chi connectivity index (χ2n) is 4.12. The molecule has 0 amide bonds. The Hall–Kier alpha value is -2.60. The van der Waals surface area contributed by atoms with Crippen LogP contribution in [0.15, 0.2) is 22.5 Å². The molecule has 8 nitrogen and oxygen atoms in total. The smallest absolute Gasteiger partial charge is 0.369 e. The minimum Gasteiger partial charge on any atom is -0.505 e. The molecule has 0 spiro atoms. The van der Waals surface area contributed by atoms with Crippen molar-refractivity contribution in [2.75, 3.05) is 5.73 Å². The number of anilines is 1. The lowest BCUT2D eigenvalue weighted by Gasteiger charge is -2.21. The van der Waals surface area contributed by atoms with Gasteiger partial charge in [0.25, 0.3) is 5.67 Å². The van der Waals surface area contributed by atoms with Gasteiger partial charge in [0.15, 0.2) is 11.5 Å². The average Bonchev–Trinajstić information content (AvgIpc) is 2.64. The molecular formula is C11H11FN4O4. The fourth-order valence-corrected chi connectivity index (χ4v) is 1.73. The lowest BCUT2D eigenvalue weighted by atomic mass is 10.0. The molecule has 1 aromatic rings. The predicted octanol–water partition coefficient (Wildman–Crippen LogP) is -0.759. The van der Waals surface area contributed by atoms with Gasteiger partial charge in [0.1, 0.15) is 11.9 Å². The monoisotopic (exact) mass is 282 g/mol. The number of hydrogen-bond donors (Lipinski definition) is 3. The van der Waals surface area contributed by atoms with E-state index in [1.807, 2.05) is 0 Å². The van der Waals surface area contributed by atoms with Gasteiger partial charge < -0.3 is 20.7 Å². The van der Waals surface area contributed by atoms with Crippen LogP contribution in [0.3, 0.4) is 0 Å². The number of aromatic nitrogens is 3. The quantitative estimate of drug-likeness (QED) is 0.609. The molecule has 0 aromatic carbocycles. The second kappa shape index (κ2) is 4.50. The van der Waals surface area contributed by atoms with Gasteiger partial charge in [-0.25, -0.2) is 9.18 Å². The second-order valence-corrected chi connectivity index (χ2v) is 4.12. The van der Waals surface area contributed by atoms with E-state index in [0.29, 0.717) is 4.68 Å². The van der Waals surface area contributed by atoms with Crippen molar-refractivity contribution in [1.82, 2.24) is 14.8 Å². The topological polar surface area (TPSA) is 123 Å². The molecular weight excluding hydrogens is 271 g/mol. The number of aliphatic hydroxyl groups excluding tert-OH is 2. The van der Waals surface area contributed by atoms with E-state index >= 15 is 0 Å². The minimum absolute atomic E-state index is 0.164. The number of nitrogen functional groups attached to an aromatic ring is 1. The summed E-state index contributed by atoms with van der Waals surface area (Å²) < 4.78 is 20.2. The van der Waals surface area contributed by atoms with Crippen molar-refractivity contribution in [2.45, 2.75) is 24.9 Å². The van der Waals surface area contributed by atoms with Crippen molar-refractivity contribution < 1.29 is 19.3 Å². The molecule has 0 fully saturated rings. The number of nitrogens with zero attached hydrogens (tertiary/aromatic N) is 3. The van der Waals surface area contributed by atoms with Gasteiger partial charge in [-0.1, -0.05) is 5.92 Å². The number of halogens is 1. The van der Waals surface area contributed by atoms with E-state index in [0.717, 1.165) is 6.20 Å². The van der Waals surface area contributed by atoms with E-state index in [1.165, 1.54) is 6.92 Å². The maximum absolute atomic E-state index is 14.6. The molecule has 1 aliphatic heterocycles. The summed E-state index contributed by atoms with van der Waals surface area (Å²) in [7, 11) is 0. The maximum atomic E-state index is 14.6. The van der Waals surface area contributed by atoms with Gasteiger partial charge in [-0.15, -0.1) is 6.42 Å². The Bertz CT molecular complexity index is 678. The Kier molecular flexibility index (Phi) is 3.11. The fourth-order valence-electron chi connectivity index (χ4n) is 1.73. The van der Waals surface area contributed by atoms with Crippen molar-refractivity contribution in [2.24, 2.45) is 0 Å². The molecule has 0 saturated heterocycles. The van der Waals surface area contributed by atoms with Gasteiger partial charge in [0.2, 0.25) is 6.23 Å².